The van der Waals surface area contributed by atoms with E-state index in [1.54, 1.807) is 27.7 Å². The molecule has 16 heteroatoms. The van der Waals surface area contributed by atoms with E-state index in [0.29, 0.717) is 19.3 Å². The molecule has 3 aliphatic rings. The monoisotopic (exact) mass is 767 g/mol. The predicted molar refractivity (Wildman–Crippen MR) is 195 cm³/mol. The van der Waals surface area contributed by atoms with E-state index in [1.807, 2.05) is 0 Å². The third kappa shape index (κ3) is 10.6. The van der Waals surface area contributed by atoms with E-state index in [2.05, 4.69) is 31.2 Å². The first-order chi connectivity index (χ1) is 26.2. The Morgan fingerprint density at radius 1 is 0.945 bits per heavy atom. The molecule has 2 aromatic rings. The van der Waals surface area contributed by atoms with Crippen molar-refractivity contribution in [1.82, 2.24) is 36.1 Å². The minimum atomic E-state index is -1.31. The number of nitrogens with one attached hydrogen (secondary N) is 4. The van der Waals surface area contributed by atoms with Gasteiger partial charge in [-0.3, -0.25) is 33.8 Å². The molecule has 0 spiro atoms. The van der Waals surface area contributed by atoms with Gasteiger partial charge in [-0.1, -0.05) is 59.4 Å². The maximum absolute atomic E-state index is 14.7. The van der Waals surface area contributed by atoms with Gasteiger partial charge in [-0.2, -0.15) is 0 Å². The number of Topliss-reactive ketones (excluding diaryl/α,β-unsaturated/α-hetero) is 1. The molecular formula is C39H51F2N7O7. The Kier molecular flexibility index (Phi) is 13.5. The van der Waals surface area contributed by atoms with Gasteiger partial charge in [0.2, 0.25) is 23.5 Å². The van der Waals surface area contributed by atoms with Gasteiger partial charge in [0.15, 0.2) is 17.4 Å². The van der Waals surface area contributed by atoms with Crippen LogP contribution in [0.25, 0.3) is 0 Å². The molecule has 1 aromatic carbocycles. The lowest BCUT2D eigenvalue weighted by atomic mass is 9.82. The summed E-state index contributed by atoms with van der Waals surface area (Å²) in [4.78, 5) is 91.2. The van der Waals surface area contributed by atoms with E-state index >= 15 is 0 Å². The van der Waals surface area contributed by atoms with Gasteiger partial charge in [0.1, 0.15) is 29.9 Å². The molecule has 0 radical (unpaired) electrons. The number of carbonyl (C=O) groups excluding carboxylic acids is 6. The van der Waals surface area contributed by atoms with Crippen molar-refractivity contribution in [3.05, 3.63) is 54.1 Å². The Labute approximate surface area is 319 Å². The van der Waals surface area contributed by atoms with E-state index in [9.17, 15) is 37.5 Å². The number of halogens is 2. The standard InChI is InChI=1S/C39H51F2N7O7/c1-5-10-27(31(49)37(53)44-23-15-16-23)45-35(51)29-19-24(55-32-25(40)13-9-14-26(32)41)21-48(29)38(54)33(39(2,3)4)47-36(52)30(22-11-7-6-8-12-22)46-34(50)28-20-42-17-18-43-28/h9,13-14,17-18,20,22-24,27,29-30,33H,5-8,10-12,15-16,19,21H2,1-4H3,(H,44,53)(H,45,51)(H,46,50)(H,47,52)/t24-,27+,29+,30+,33-/m1/s1. The fourth-order valence-corrected chi connectivity index (χ4v) is 7.15. The summed E-state index contributed by atoms with van der Waals surface area (Å²) in [5.41, 5.74) is -0.925. The molecule has 1 aliphatic heterocycles. The molecule has 5 atom stereocenters. The first-order valence-corrected chi connectivity index (χ1v) is 19.1. The predicted octanol–water partition coefficient (Wildman–Crippen LogP) is 3.15. The lowest BCUT2D eigenvalue weighted by Gasteiger charge is -2.37. The first kappa shape index (κ1) is 41.1. The molecule has 1 aromatic heterocycles. The molecule has 0 unspecified atom stereocenters. The van der Waals surface area contributed by atoms with Gasteiger partial charge in [0.05, 0.1) is 18.8 Å². The highest BCUT2D eigenvalue weighted by atomic mass is 19.1. The highest BCUT2D eigenvalue weighted by Crippen LogP contribution is 2.32. The number of ether oxygens (including phenoxy) is 1. The quantitative estimate of drug-likeness (QED) is 0.198. The summed E-state index contributed by atoms with van der Waals surface area (Å²) < 4.78 is 35.1. The van der Waals surface area contributed by atoms with Crippen LogP contribution >= 0.6 is 0 Å². The van der Waals surface area contributed by atoms with Crippen LogP contribution in [0.3, 0.4) is 0 Å². The van der Waals surface area contributed by atoms with Gasteiger partial charge in [0.25, 0.3) is 11.8 Å². The van der Waals surface area contributed by atoms with E-state index in [-0.39, 0.29) is 37.0 Å². The lowest BCUT2D eigenvalue weighted by Crippen LogP contribution is -2.62. The summed E-state index contributed by atoms with van der Waals surface area (Å²) in [6.07, 6.45) is 8.94. The van der Waals surface area contributed by atoms with Gasteiger partial charge in [-0.05, 0) is 55.6 Å². The summed E-state index contributed by atoms with van der Waals surface area (Å²) in [6, 6.07) is -1.64. The fourth-order valence-electron chi connectivity index (χ4n) is 7.15. The number of nitrogens with zero attached hydrogens (tertiary/aromatic N) is 3. The van der Waals surface area contributed by atoms with Crippen molar-refractivity contribution >= 4 is 35.3 Å². The first-order valence-electron chi connectivity index (χ1n) is 19.1. The van der Waals surface area contributed by atoms with Crippen molar-refractivity contribution in [3.63, 3.8) is 0 Å². The Balaban J connectivity index is 1.41. The van der Waals surface area contributed by atoms with Crippen molar-refractivity contribution in [2.45, 2.75) is 128 Å². The smallest absolute Gasteiger partial charge is 0.289 e. The van der Waals surface area contributed by atoms with Crippen molar-refractivity contribution < 1.29 is 42.3 Å². The zero-order valence-electron chi connectivity index (χ0n) is 31.7. The second-order valence-corrected chi connectivity index (χ2v) is 15.7. The number of para-hydroxylation sites is 1. The number of amides is 5. The number of hydrogen-bond acceptors (Lipinski definition) is 9. The molecular weight excluding hydrogens is 716 g/mol. The minimum absolute atomic E-state index is 0.0210. The SMILES string of the molecule is CCC[C@H](NC(=O)[C@@H]1C[C@@H](Oc2c(F)cccc2F)CN1C(=O)[C@@H](NC(=O)[C@@H](NC(=O)c1cnccn1)C1CCCCC1)C(C)(C)C)C(=O)C(=O)NC1CC1. The number of aromatic nitrogens is 2. The Hall–Kier alpha value is -5.02. The van der Waals surface area contributed by atoms with E-state index < -0.39 is 88.4 Å². The highest BCUT2D eigenvalue weighted by Gasteiger charge is 2.47. The molecule has 2 saturated carbocycles. The normalized spacial score (nSPS) is 20.4. The van der Waals surface area contributed by atoms with Gasteiger partial charge >= 0.3 is 0 Å². The second-order valence-electron chi connectivity index (χ2n) is 15.7. The van der Waals surface area contributed by atoms with Crippen LogP contribution in [-0.4, -0.2) is 93.0 Å². The van der Waals surface area contributed by atoms with E-state index in [4.69, 9.17) is 4.74 Å². The molecule has 55 heavy (non-hydrogen) atoms. The number of hydrogen-bond donors (Lipinski definition) is 4. The van der Waals surface area contributed by atoms with Crippen molar-refractivity contribution in [2.24, 2.45) is 11.3 Å². The summed E-state index contributed by atoms with van der Waals surface area (Å²) in [7, 11) is 0. The van der Waals surface area contributed by atoms with Gasteiger partial charge < -0.3 is 30.9 Å². The van der Waals surface area contributed by atoms with Crippen LogP contribution in [0.4, 0.5) is 8.78 Å². The molecule has 0 bridgehead atoms. The van der Waals surface area contributed by atoms with Gasteiger partial charge in [0, 0.05) is 24.9 Å². The fraction of sp³-hybridized carbons (Fsp3) is 0.590. The number of benzene rings is 1. The molecule has 298 valence electrons. The topological polar surface area (TPSA) is 189 Å². The molecule has 2 heterocycles. The summed E-state index contributed by atoms with van der Waals surface area (Å²) >= 11 is 0. The highest BCUT2D eigenvalue weighted by molar-refractivity contribution is 6.38. The van der Waals surface area contributed by atoms with E-state index in [1.165, 1.54) is 29.6 Å². The van der Waals surface area contributed by atoms with Gasteiger partial charge in [-0.15, -0.1) is 0 Å². The average Bonchev–Trinajstić information content (AvgIpc) is 3.88. The molecule has 5 rings (SSSR count). The number of rotatable bonds is 15. The maximum atomic E-state index is 14.7. The summed E-state index contributed by atoms with van der Waals surface area (Å²) in [6.45, 7) is 6.68. The van der Waals surface area contributed by atoms with Crippen LogP contribution in [-0.2, 0) is 24.0 Å². The Morgan fingerprint density at radius 3 is 2.24 bits per heavy atom. The van der Waals surface area contributed by atoms with Crippen LogP contribution in [0.1, 0.15) is 102 Å². The van der Waals surface area contributed by atoms with Crippen molar-refractivity contribution in [3.8, 4) is 5.75 Å². The van der Waals surface area contributed by atoms with E-state index in [0.717, 1.165) is 44.2 Å². The van der Waals surface area contributed by atoms with Crippen molar-refractivity contribution in [1.29, 1.82) is 0 Å². The second kappa shape index (κ2) is 18.1. The molecule has 4 N–H and O–H groups in total. The largest absolute Gasteiger partial charge is 0.482 e. The van der Waals surface area contributed by atoms with Crippen molar-refractivity contribution in [2.75, 3.05) is 6.54 Å². The minimum Gasteiger partial charge on any atom is -0.482 e. The molecule has 3 fully saturated rings. The van der Waals surface area contributed by atoms with Crippen LogP contribution in [0.2, 0.25) is 0 Å². The molecule has 1 saturated heterocycles. The zero-order valence-corrected chi connectivity index (χ0v) is 31.7. The Morgan fingerprint density at radius 2 is 1.64 bits per heavy atom. The van der Waals surface area contributed by atoms with Crippen LogP contribution in [0, 0.1) is 23.0 Å². The third-order valence-corrected chi connectivity index (χ3v) is 10.3. The number of likely N-dealkylation sites (tertiary alicyclic amines) is 1. The van der Waals surface area contributed by atoms with Crippen LogP contribution in [0.15, 0.2) is 36.8 Å². The average molecular weight is 768 g/mol. The molecule has 5 amide bonds. The van der Waals surface area contributed by atoms with Gasteiger partial charge in [-0.25, -0.2) is 13.8 Å². The van der Waals surface area contributed by atoms with Crippen LogP contribution < -0.4 is 26.0 Å². The molecule has 2 aliphatic carbocycles. The van der Waals surface area contributed by atoms with Crippen LogP contribution in [0.5, 0.6) is 5.75 Å². The summed E-state index contributed by atoms with van der Waals surface area (Å²) in [5, 5.41) is 11.0. The lowest BCUT2D eigenvalue weighted by molar-refractivity contribution is -0.145. The number of ketones is 1. The zero-order chi connectivity index (χ0) is 39.9. The molecule has 14 nitrogen and oxygen atoms in total. The third-order valence-electron chi connectivity index (χ3n) is 10.3. The number of carbonyl (C=O) groups is 6. The Bertz CT molecular complexity index is 1710. The maximum Gasteiger partial charge on any atom is 0.289 e. The summed E-state index contributed by atoms with van der Waals surface area (Å²) in [5.74, 6) is -7.15.